The minimum atomic E-state index is -0.429. The summed E-state index contributed by atoms with van der Waals surface area (Å²) in [5.74, 6) is 0. The fourth-order valence-corrected chi connectivity index (χ4v) is 2.69. The van der Waals surface area contributed by atoms with Crippen LogP contribution in [0.4, 0.5) is 10.8 Å². The normalized spacial score (nSPS) is 10.9. The maximum atomic E-state index is 10.6. The van der Waals surface area contributed by atoms with E-state index in [1.807, 2.05) is 24.4 Å². The maximum Gasteiger partial charge on any atom is 0.269 e. The summed E-state index contributed by atoms with van der Waals surface area (Å²) >= 11 is 1.46. The highest BCUT2D eigenvalue weighted by molar-refractivity contribution is 7.14. The molecule has 6 nitrogen and oxygen atoms in total. The van der Waals surface area contributed by atoms with E-state index in [0.29, 0.717) is 5.13 Å². The van der Waals surface area contributed by atoms with Gasteiger partial charge in [-0.3, -0.25) is 15.5 Å². The number of non-ortho nitro benzene ring substituents is 1. The molecule has 24 heavy (non-hydrogen) atoms. The zero-order valence-electron chi connectivity index (χ0n) is 12.8. The Bertz CT molecular complexity index is 870. The molecule has 0 saturated carbocycles. The van der Waals surface area contributed by atoms with E-state index in [-0.39, 0.29) is 5.69 Å². The van der Waals surface area contributed by atoms with Gasteiger partial charge < -0.3 is 0 Å². The molecule has 0 unspecified atom stereocenters. The lowest BCUT2D eigenvalue weighted by molar-refractivity contribution is -0.384. The van der Waals surface area contributed by atoms with E-state index in [2.05, 4.69) is 27.6 Å². The Kier molecular flexibility index (Phi) is 4.62. The van der Waals surface area contributed by atoms with E-state index in [0.717, 1.165) is 16.8 Å². The second-order valence-electron chi connectivity index (χ2n) is 5.12. The molecule has 0 bridgehead atoms. The van der Waals surface area contributed by atoms with Crippen molar-refractivity contribution in [2.24, 2.45) is 5.10 Å². The second kappa shape index (κ2) is 7.01. The molecule has 0 amide bonds. The molecular weight excluding hydrogens is 324 g/mol. The van der Waals surface area contributed by atoms with Crippen LogP contribution in [0.5, 0.6) is 0 Å². The Balaban J connectivity index is 1.64. The Morgan fingerprint density at radius 2 is 1.88 bits per heavy atom. The number of aryl methyl sites for hydroxylation is 1. The quantitative estimate of drug-likeness (QED) is 0.423. The molecule has 0 atom stereocenters. The fraction of sp³-hybridized carbons (Fsp3) is 0.0588. The van der Waals surface area contributed by atoms with Gasteiger partial charge >= 0.3 is 0 Å². The van der Waals surface area contributed by atoms with Crippen molar-refractivity contribution in [2.75, 3.05) is 5.43 Å². The van der Waals surface area contributed by atoms with Crippen molar-refractivity contribution in [3.63, 3.8) is 0 Å². The molecular formula is C17H14N4O2S. The van der Waals surface area contributed by atoms with Gasteiger partial charge in [0, 0.05) is 23.1 Å². The first-order valence-corrected chi connectivity index (χ1v) is 8.06. The number of hydrogen-bond donors (Lipinski definition) is 1. The maximum absolute atomic E-state index is 10.6. The van der Waals surface area contributed by atoms with Crippen molar-refractivity contribution in [2.45, 2.75) is 6.92 Å². The van der Waals surface area contributed by atoms with Gasteiger partial charge in [0.25, 0.3) is 5.69 Å². The third-order valence-corrected chi connectivity index (χ3v) is 4.08. The topological polar surface area (TPSA) is 80.4 Å². The molecule has 0 spiro atoms. The number of nitrogens with one attached hydrogen (secondary N) is 1. The lowest BCUT2D eigenvalue weighted by Crippen LogP contribution is -1.91. The molecule has 1 N–H and O–H groups in total. The van der Waals surface area contributed by atoms with Gasteiger partial charge in [0.1, 0.15) is 0 Å². The molecule has 120 valence electrons. The van der Waals surface area contributed by atoms with Crippen LogP contribution in [-0.4, -0.2) is 16.1 Å². The third-order valence-electron chi connectivity index (χ3n) is 3.33. The highest BCUT2D eigenvalue weighted by Crippen LogP contribution is 2.25. The highest BCUT2D eigenvalue weighted by Gasteiger charge is 2.04. The Hall–Kier alpha value is -3.06. The lowest BCUT2D eigenvalue weighted by atomic mass is 10.1. The summed E-state index contributed by atoms with van der Waals surface area (Å²) in [6.45, 7) is 2.05. The smallest absolute Gasteiger partial charge is 0.258 e. The van der Waals surface area contributed by atoms with Crippen molar-refractivity contribution >= 4 is 28.4 Å². The van der Waals surface area contributed by atoms with Crippen molar-refractivity contribution in [1.82, 2.24) is 4.98 Å². The third kappa shape index (κ3) is 3.82. The predicted molar refractivity (Wildman–Crippen MR) is 96.6 cm³/mol. The van der Waals surface area contributed by atoms with E-state index in [1.165, 1.54) is 29.0 Å². The first-order chi connectivity index (χ1) is 11.6. The van der Waals surface area contributed by atoms with Gasteiger partial charge in [0.15, 0.2) is 0 Å². The first kappa shape index (κ1) is 15.8. The van der Waals surface area contributed by atoms with E-state index in [4.69, 9.17) is 0 Å². The Morgan fingerprint density at radius 1 is 1.17 bits per heavy atom. The Labute approximate surface area is 142 Å². The molecule has 0 aliphatic rings. The number of nitrogens with zero attached hydrogens (tertiary/aromatic N) is 3. The summed E-state index contributed by atoms with van der Waals surface area (Å²) in [7, 11) is 0. The van der Waals surface area contributed by atoms with Gasteiger partial charge in [-0.15, -0.1) is 11.3 Å². The van der Waals surface area contributed by atoms with Crippen LogP contribution < -0.4 is 5.43 Å². The summed E-state index contributed by atoms with van der Waals surface area (Å²) < 4.78 is 0. The molecule has 0 fully saturated rings. The molecule has 0 radical (unpaired) electrons. The molecule has 3 aromatic rings. The average Bonchev–Trinajstić information content (AvgIpc) is 3.05. The minimum absolute atomic E-state index is 0.0581. The molecule has 1 heterocycles. The molecule has 0 saturated heterocycles. The number of hydrazone groups is 1. The van der Waals surface area contributed by atoms with Crippen LogP contribution in [0.2, 0.25) is 0 Å². The number of benzene rings is 2. The molecule has 3 rings (SSSR count). The van der Waals surface area contributed by atoms with Crippen LogP contribution in [0.1, 0.15) is 11.1 Å². The van der Waals surface area contributed by atoms with E-state index in [9.17, 15) is 10.1 Å². The number of anilines is 1. The van der Waals surface area contributed by atoms with E-state index < -0.39 is 4.92 Å². The van der Waals surface area contributed by atoms with Gasteiger partial charge in [-0.25, -0.2) is 4.98 Å². The number of rotatable bonds is 5. The zero-order chi connectivity index (χ0) is 16.9. The van der Waals surface area contributed by atoms with E-state index in [1.54, 1.807) is 18.3 Å². The predicted octanol–water partition coefficient (Wildman–Crippen LogP) is 4.47. The standard InChI is InChI=1S/C17H14N4O2S/c1-12-2-6-14(7-3-12)16-11-24-17(19-16)20-18-10-13-4-8-15(9-5-13)21(22)23/h2-11H,1H3,(H,19,20)/b18-10+. The van der Waals surface area contributed by atoms with Crippen LogP contribution in [0.15, 0.2) is 59.0 Å². The first-order valence-electron chi connectivity index (χ1n) is 7.18. The monoisotopic (exact) mass is 338 g/mol. The van der Waals surface area contributed by atoms with Gasteiger partial charge in [-0.1, -0.05) is 29.8 Å². The molecule has 2 aromatic carbocycles. The highest BCUT2D eigenvalue weighted by atomic mass is 32.1. The van der Waals surface area contributed by atoms with Crippen LogP contribution >= 0.6 is 11.3 Å². The van der Waals surface area contributed by atoms with Crippen molar-refractivity contribution < 1.29 is 4.92 Å². The number of thiazole rings is 1. The van der Waals surface area contributed by atoms with Crippen LogP contribution in [-0.2, 0) is 0 Å². The summed E-state index contributed by atoms with van der Waals surface area (Å²) in [5.41, 5.74) is 6.86. The lowest BCUT2D eigenvalue weighted by Gasteiger charge is -1.97. The summed E-state index contributed by atoms with van der Waals surface area (Å²) in [5, 5.41) is 17.4. The van der Waals surface area contributed by atoms with Crippen LogP contribution in [0.3, 0.4) is 0 Å². The van der Waals surface area contributed by atoms with Crippen molar-refractivity contribution in [3.8, 4) is 11.3 Å². The van der Waals surface area contributed by atoms with Gasteiger partial charge in [-0.05, 0) is 24.6 Å². The summed E-state index contributed by atoms with van der Waals surface area (Å²) in [4.78, 5) is 14.7. The SMILES string of the molecule is Cc1ccc(-c2csc(N/N=C/c3ccc([N+](=O)[O-])cc3)n2)cc1. The molecule has 0 aliphatic heterocycles. The zero-order valence-corrected chi connectivity index (χ0v) is 13.7. The van der Waals surface area contributed by atoms with E-state index >= 15 is 0 Å². The average molecular weight is 338 g/mol. The molecule has 0 aliphatic carbocycles. The van der Waals surface area contributed by atoms with Crippen LogP contribution in [0.25, 0.3) is 11.3 Å². The fourth-order valence-electron chi connectivity index (χ4n) is 2.03. The number of nitro benzene ring substituents is 1. The van der Waals surface area contributed by atoms with Crippen LogP contribution in [0, 0.1) is 17.0 Å². The molecule has 1 aromatic heterocycles. The minimum Gasteiger partial charge on any atom is -0.258 e. The number of nitro groups is 1. The Morgan fingerprint density at radius 3 is 2.54 bits per heavy atom. The second-order valence-corrected chi connectivity index (χ2v) is 5.98. The summed E-state index contributed by atoms with van der Waals surface area (Å²) in [6, 6.07) is 14.3. The van der Waals surface area contributed by atoms with Gasteiger partial charge in [0.2, 0.25) is 5.13 Å². The van der Waals surface area contributed by atoms with Crippen molar-refractivity contribution in [3.05, 3.63) is 75.2 Å². The number of aromatic nitrogens is 1. The largest absolute Gasteiger partial charge is 0.269 e. The summed E-state index contributed by atoms with van der Waals surface area (Å²) in [6.07, 6.45) is 1.59. The van der Waals surface area contributed by atoms with Gasteiger partial charge in [-0.2, -0.15) is 5.10 Å². The van der Waals surface area contributed by atoms with Crippen molar-refractivity contribution in [1.29, 1.82) is 0 Å². The number of hydrogen-bond acceptors (Lipinski definition) is 6. The molecule has 7 heteroatoms. The van der Waals surface area contributed by atoms with Gasteiger partial charge in [0.05, 0.1) is 16.8 Å².